The second-order valence-electron chi connectivity index (χ2n) is 18.0. The number of carbonyl (C=O) groups excluding carboxylic acids is 2. The van der Waals surface area contributed by atoms with Crippen LogP contribution in [0.15, 0.2) is 60.7 Å². The molecular weight excluding hydrogens is 971 g/mol. The number of methoxy groups -OCH3 is 10. The van der Waals surface area contributed by atoms with Crippen molar-refractivity contribution in [3.63, 3.8) is 0 Å². The van der Waals surface area contributed by atoms with Gasteiger partial charge in [-0.15, -0.1) is 0 Å². The Morgan fingerprint density at radius 3 is 1.43 bits per heavy atom. The van der Waals surface area contributed by atoms with E-state index in [0.717, 1.165) is 65.9 Å². The highest BCUT2D eigenvalue weighted by molar-refractivity contribution is 5.91. The predicted molar refractivity (Wildman–Crippen MR) is 264 cm³/mol. The smallest absolute Gasteiger partial charge is 0.331 e. The molecule has 0 N–H and O–H groups in total. The molecule has 0 radical (unpaired) electrons. The molecule has 0 aromatic heterocycles. The third-order valence-corrected chi connectivity index (χ3v) is 14.1. The maximum atomic E-state index is 12.9. The van der Waals surface area contributed by atoms with Crippen molar-refractivity contribution in [2.24, 2.45) is 0 Å². The largest absolute Gasteiger partial charge is 1.00 e. The lowest BCUT2D eigenvalue weighted by Crippen LogP contribution is -3.00. The molecule has 72 heavy (non-hydrogen) atoms. The lowest BCUT2D eigenvalue weighted by Gasteiger charge is -2.46. The number of carbonyl (C=O) groups is 2. The number of rotatable bonds is 24. The van der Waals surface area contributed by atoms with Crippen molar-refractivity contribution >= 4 is 11.9 Å². The standard InChI is InChI=1S/C54H72N2O14.2ClH/c1-55(23-19-37-32-44(61-5)45(62-6)34-39(37)40(55)28-36-30-46(63-7)52(66-10)47(31-36)64-8)21-13-25-69-49(57)17-18-50(58)70-26-14-22-56(2)24-20-38-33-48(65-9)53(67-11)54(68-12)51(38)41(56)27-35-15-16-42(59-3)43(29-35)60-4;;/h15-18,29-34,40-41H,13-14,19-28H2,1-12H3;2*1H/q+2;;/p-2/b18-17+;;/t40-,41-,55+,56-;;/m1../s1. The molecule has 4 aromatic carbocycles. The van der Waals surface area contributed by atoms with Crippen LogP contribution in [0.25, 0.3) is 0 Å². The molecule has 2 heterocycles. The van der Waals surface area contributed by atoms with Crippen LogP contribution in [0.4, 0.5) is 0 Å². The van der Waals surface area contributed by atoms with Gasteiger partial charge in [-0.3, -0.25) is 0 Å². The fourth-order valence-electron chi connectivity index (χ4n) is 10.3. The van der Waals surface area contributed by atoms with Gasteiger partial charge in [0.2, 0.25) is 11.5 Å². The molecule has 0 spiro atoms. The van der Waals surface area contributed by atoms with Gasteiger partial charge in [-0.05, 0) is 64.7 Å². The average molecular weight is 1040 g/mol. The molecule has 0 bridgehead atoms. The molecule has 6 rings (SSSR count). The fourth-order valence-corrected chi connectivity index (χ4v) is 10.3. The first kappa shape index (κ1) is 58.6. The van der Waals surface area contributed by atoms with Crippen LogP contribution in [0.5, 0.6) is 57.5 Å². The third-order valence-electron chi connectivity index (χ3n) is 14.1. The summed E-state index contributed by atoms with van der Waals surface area (Å²) in [7, 11) is 20.7. The summed E-state index contributed by atoms with van der Waals surface area (Å²) >= 11 is 0. The quantitative estimate of drug-likeness (QED) is 0.0433. The summed E-state index contributed by atoms with van der Waals surface area (Å²) in [6, 6.07) is 16.1. The van der Waals surface area contributed by atoms with Crippen molar-refractivity contribution in [3.05, 3.63) is 94.1 Å². The first-order valence-electron chi connectivity index (χ1n) is 23.5. The van der Waals surface area contributed by atoms with Crippen LogP contribution in [0.2, 0.25) is 0 Å². The number of likely N-dealkylation sites (N-methyl/N-ethyl adjacent to an activating group) is 2. The summed E-state index contributed by atoms with van der Waals surface area (Å²) in [5.74, 6) is 4.92. The summed E-state index contributed by atoms with van der Waals surface area (Å²) in [5, 5.41) is 0. The van der Waals surface area contributed by atoms with Gasteiger partial charge in [-0.2, -0.15) is 0 Å². The lowest BCUT2D eigenvalue weighted by molar-refractivity contribution is -0.941. The molecule has 396 valence electrons. The maximum absolute atomic E-state index is 12.9. The SMILES string of the molecule is COc1ccc(C[C@@H]2c3c(cc(OC)c(OC)c3OC)CC[N@@+]2(C)CCCOC(=O)/C=C/C(=O)OCCC[N@@+]2(C)CCc3cc(OC)c(OC)cc3[C@H]2Cc2cc(OC)c(OC)c(OC)c2)cc1OC.[Cl-].[Cl-]. The normalized spacial score (nSPS) is 18.7. The average Bonchev–Trinajstić information content (AvgIpc) is 3.38. The first-order valence-corrected chi connectivity index (χ1v) is 23.5. The Morgan fingerprint density at radius 2 is 0.917 bits per heavy atom. The topological polar surface area (TPSA) is 145 Å². The van der Waals surface area contributed by atoms with Crippen molar-refractivity contribution in [1.82, 2.24) is 0 Å². The summed E-state index contributed by atoms with van der Waals surface area (Å²) in [5.41, 5.74) is 6.61. The van der Waals surface area contributed by atoms with Crippen LogP contribution >= 0.6 is 0 Å². The molecule has 0 saturated carbocycles. The van der Waals surface area contributed by atoms with Gasteiger partial charge >= 0.3 is 11.9 Å². The number of hydrogen-bond donors (Lipinski definition) is 0. The number of benzene rings is 4. The second-order valence-corrected chi connectivity index (χ2v) is 18.0. The fraction of sp³-hybridized carbons (Fsp3) is 0.481. The van der Waals surface area contributed by atoms with Gasteiger partial charge in [-0.25, -0.2) is 9.59 Å². The van der Waals surface area contributed by atoms with E-state index in [-0.39, 0.29) is 50.1 Å². The number of fused-ring (bicyclic) bond motifs is 2. The molecule has 0 amide bonds. The molecule has 0 saturated heterocycles. The molecule has 16 nitrogen and oxygen atoms in total. The van der Waals surface area contributed by atoms with Crippen LogP contribution in [-0.4, -0.2) is 145 Å². The van der Waals surface area contributed by atoms with Crippen molar-refractivity contribution in [2.45, 2.75) is 50.6 Å². The number of ether oxygens (including phenoxy) is 12. The zero-order valence-electron chi connectivity index (χ0n) is 43.8. The van der Waals surface area contributed by atoms with E-state index in [4.69, 9.17) is 56.8 Å². The van der Waals surface area contributed by atoms with Crippen LogP contribution in [0, 0.1) is 0 Å². The molecule has 0 aliphatic carbocycles. The van der Waals surface area contributed by atoms with E-state index in [9.17, 15) is 9.59 Å². The lowest BCUT2D eigenvalue weighted by atomic mass is 9.85. The monoisotopic (exact) mass is 1040 g/mol. The van der Waals surface area contributed by atoms with Gasteiger partial charge in [0, 0.05) is 56.2 Å². The number of quaternary nitrogens is 2. The molecule has 2 aliphatic heterocycles. The van der Waals surface area contributed by atoms with E-state index in [1.165, 1.54) is 5.56 Å². The van der Waals surface area contributed by atoms with E-state index >= 15 is 0 Å². The van der Waals surface area contributed by atoms with Crippen LogP contribution in [-0.2, 0) is 44.7 Å². The highest BCUT2D eigenvalue weighted by Gasteiger charge is 2.43. The molecule has 0 fully saturated rings. The van der Waals surface area contributed by atoms with Gasteiger partial charge in [0.05, 0.1) is 130 Å². The van der Waals surface area contributed by atoms with E-state index in [1.807, 2.05) is 36.4 Å². The molecule has 4 atom stereocenters. The molecule has 0 unspecified atom stereocenters. The summed E-state index contributed by atoms with van der Waals surface area (Å²) in [6.45, 7) is 3.43. The number of halogens is 2. The number of nitrogens with zero attached hydrogens (tertiary/aromatic N) is 2. The Morgan fingerprint density at radius 1 is 0.486 bits per heavy atom. The molecular formula is C54H72Cl2N2O14. The second kappa shape index (κ2) is 26.7. The van der Waals surface area contributed by atoms with E-state index < -0.39 is 11.9 Å². The minimum Gasteiger partial charge on any atom is -1.00 e. The third kappa shape index (κ3) is 13.0. The van der Waals surface area contributed by atoms with Crippen molar-refractivity contribution in [3.8, 4) is 57.5 Å². The van der Waals surface area contributed by atoms with E-state index in [0.29, 0.717) is 105 Å². The zero-order valence-corrected chi connectivity index (χ0v) is 45.3. The van der Waals surface area contributed by atoms with Crippen molar-refractivity contribution in [1.29, 1.82) is 0 Å². The van der Waals surface area contributed by atoms with E-state index in [2.05, 4.69) is 26.2 Å². The zero-order chi connectivity index (χ0) is 50.6. The van der Waals surface area contributed by atoms with Gasteiger partial charge < -0.3 is 90.6 Å². The predicted octanol–water partition coefficient (Wildman–Crippen LogP) is 1.48. The van der Waals surface area contributed by atoms with Gasteiger partial charge in [0.25, 0.3) is 0 Å². The first-order chi connectivity index (χ1) is 33.8. The number of hydrogen-bond acceptors (Lipinski definition) is 14. The Kier molecular flexibility index (Phi) is 21.7. The molecule has 4 aromatic rings. The number of esters is 2. The Hall–Kier alpha value is -5.94. The Balaban J connectivity index is 0.00000562. The van der Waals surface area contributed by atoms with Gasteiger partial charge in [-0.1, -0.05) is 6.07 Å². The molecule has 18 heteroatoms. The van der Waals surface area contributed by atoms with Crippen molar-refractivity contribution in [2.75, 3.05) is 125 Å². The minimum absolute atomic E-state index is 0. The Labute approximate surface area is 437 Å². The van der Waals surface area contributed by atoms with Gasteiger partial charge in [0.15, 0.2) is 46.0 Å². The highest BCUT2D eigenvalue weighted by Crippen LogP contribution is 2.51. The Bertz CT molecular complexity index is 2480. The van der Waals surface area contributed by atoms with Crippen LogP contribution in [0.3, 0.4) is 0 Å². The summed E-state index contributed by atoms with van der Waals surface area (Å²) < 4.78 is 69.8. The van der Waals surface area contributed by atoms with Gasteiger partial charge in [0.1, 0.15) is 12.1 Å². The molecule has 2 aliphatic rings. The summed E-state index contributed by atoms with van der Waals surface area (Å²) in [4.78, 5) is 25.8. The van der Waals surface area contributed by atoms with Crippen LogP contribution in [0.1, 0.15) is 58.3 Å². The maximum Gasteiger partial charge on any atom is 0.331 e. The van der Waals surface area contributed by atoms with E-state index in [1.54, 1.807) is 71.1 Å². The van der Waals surface area contributed by atoms with Crippen LogP contribution < -0.4 is 72.2 Å². The summed E-state index contributed by atoms with van der Waals surface area (Å²) in [6.07, 6.45) is 6.36. The van der Waals surface area contributed by atoms with Crippen molar-refractivity contribution < 1.29 is 100 Å². The highest BCUT2D eigenvalue weighted by atomic mass is 35.5. The minimum atomic E-state index is -0.615.